The summed E-state index contributed by atoms with van der Waals surface area (Å²) in [5, 5.41) is 3.09. The average Bonchev–Trinajstić information content (AvgIpc) is 2.41. The molecule has 0 radical (unpaired) electrons. The Hall–Kier alpha value is -1.98. The van der Waals surface area contributed by atoms with Gasteiger partial charge in [0.2, 0.25) is 0 Å². The van der Waals surface area contributed by atoms with Crippen molar-refractivity contribution in [2.75, 3.05) is 5.32 Å². The highest BCUT2D eigenvalue weighted by atomic mass is 35.5. The fraction of sp³-hybridized carbons (Fsp3) is 0.0667. The molecule has 108 valence electrons. The molecule has 0 aliphatic carbocycles. The van der Waals surface area contributed by atoms with E-state index in [-0.39, 0.29) is 16.2 Å². The highest BCUT2D eigenvalue weighted by molar-refractivity contribution is 7.80. The van der Waals surface area contributed by atoms with E-state index in [2.05, 4.69) is 5.32 Å². The van der Waals surface area contributed by atoms with Crippen LogP contribution in [-0.4, -0.2) is 10.9 Å². The Labute approximate surface area is 131 Å². The molecule has 0 aliphatic rings. The van der Waals surface area contributed by atoms with Gasteiger partial charge in [0, 0.05) is 10.6 Å². The maximum Gasteiger partial charge on any atom is 0.256 e. The fourth-order valence-corrected chi connectivity index (χ4v) is 2.30. The van der Waals surface area contributed by atoms with Gasteiger partial charge in [-0.3, -0.25) is 4.79 Å². The zero-order valence-electron chi connectivity index (χ0n) is 11.1. The van der Waals surface area contributed by atoms with E-state index in [1.165, 1.54) is 18.2 Å². The fourth-order valence-electron chi connectivity index (χ4n) is 1.92. The van der Waals surface area contributed by atoms with Crippen LogP contribution < -0.4 is 11.1 Å². The van der Waals surface area contributed by atoms with Crippen molar-refractivity contribution in [3.8, 4) is 0 Å². The monoisotopic (exact) mass is 322 g/mol. The second kappa shape index (κ2) is 6.20. The highest BCUT2D eigenvalue weighted by Gasteiger charge is 2.16. The lowest BCUT2D eigenvalue weighted by molar-refractivity contribution is 0.102. The van der Waals surface area contributed by atoms with Crippen molar-refractivity contribution in [1.82, 2.24) is 0 Å². The second-order valence-corrected chi connectivity index (χ2v) is 5.24. The van der Waals surface area contributed by atoms with Crippen LogP contribution in [0.2, 0.25) is 5.02 Å². The number of benzene rings is 2. The molecule has 0 atom stereocenters. The molecule has 0 aliphatic heterocycles. The molecule has 3 nitrogen and oxygen atoms in total. The van der Waals surface area contributed by atoms with Gasteiger partial charge in [0.25, 0.3) is 5.91 Å². The molecule has 3 N–H and O–H groups in total. The quantitative estimate of drug-likeness (QED) is 0.848. The highest BCUT2D eigenvalue weighted by Crippen LogP contribution is 2.22. The van der Waals surface area contributed by atoms with Gasteiger partial charge >= 0.3 is 0 Å². The number of halogens is 2. The summed E-state index contributed by atoms with van der Waals surface area (Å²) in [5.74, 6) is -0.985. The van der Waals surface area contributed by atoms with E-state index in [1.807, 2.05) is 0 Å². The SMILES string of the molecule is Cc1c(Cl)cccc1C(=O)Nc1cccc(F)c1C(N)=S. The Morgan fingerprint density at radius 3 is 2.62 bits per heavy atom. The summed E-state index contributed by atoms with van der Waals surface area (Å²) in [5.41, 5.74) is 6.79. The molecule has 2 rings (SSSR count). The van der Waals surface area contributed by atoms with E-state index in [0.29, 0.717) is 16.1 Å². The van der Waals surface area contributed by atoms with Gasteiger partial charge in [-0.2, -0.15) is 0 Å². The molecule has 0 heterocycles. The molecular formula is C15H12ClFN2OS. The van der Waals surface area contributed by atoms with Crippen molar-refractivity contribution in [3.63, 3.8) is 0 Å². The maximum absolute atomic E-state index is 13.8. The molecule has 6 heteroatoms. The van der Waals surface area contributed by atoms with E-state index in [9.17, 15) is 9.18 Å². The van der Waals surface area contributed by atoms with Crippen LogP contribution in [0.15, 0.2) is 36.4 Å². The van der Waals surface area contributed by atoms with Gasteiger partial charge < -0.3 is 11.1 Å². The normalized spacial score (nSPS) is 10.2. The van der Waals surface area contributed by atoms with Crippen LogP contribution in [-0.2, 0) is 0 Å². The largest absolute Gasteiger partial charge is 0.389 e. The Morgan fingerprint density at radius 2 is 1.95 bits per heavy atom. The van der Waals surface area contributed by atoms with Crippen molar-refractivity contribution in [1.29, 1.82) is 0 Å². The summed E-state index contributed by atoms with van der Waals surface area (Å²) >= 11 is 10.8. The Kier molecular flexibility index (Phi) is 4.55. The van der Waals surface area contributed by atoms with Crippen molar-refractivity contribution < 1.29 is 9.18 Å². The number of carbonyl (C=O) groups excluding carboxylic acids is 1. The zero-order valence-corrected chi connectivity index (χ0v) is 12.7. The number of carbonyl (C=O) groups is 1. The third-order valence-electron chi connectivity index (χ3n) is 3.02. The van der Waals surface area contributed by atoms with Crippen molar-refractivity contribution in [2.45, 2.75) is 6.92 Å². The molecule has 2 aromatic rings. The summed E-state index contributed by atoms with van der Waals surface area (Å²) in [6.45, 7) is 1.73. The molecule has 0 spiro atoms. The number of nitrogens with one attached hydrogen (secondary N) is 1. The number of rotatable bonds is 3. The summed E-state index contributed by atoms with van der Waals surface area (Å²) in [6, 6.07) is 9.23. The molecule has 0 unspecified atom stereocenters. The summed E-state index contributed by atoms with van der Waals surface area (Å²) in [6.07, 6.45) is 0. The van der Waals surface area contributed by atoms with E-state index in [4.69, 9.17) is 29.6 Å². The summed E-state index contributed by atoms with van der Waals surface area (Å²) in [7, 11) is 0. The molecule has 0 saturated heterocycles. The zero-order chi connectivity index (χ0) is 15.6. The summed E-state index contributed by atoms with van der Waals surface area (Å²) in [4.78, 5) is 12.2. The van der Waals surface area contributed by atoms with Gasteiger partial charge in [0.15, 0.2) is 0 Å². The predicted molar refractivity (Wildman–Crippen MR) is 86.4 cm³/mol. The molecule has 0 aromatic heterocycles. The molecule has 1 amide bonds. The van der Waals surface area contributed by atoms with E-state index in [0.717, 1.165) is 0 Å². The Bertz CT molecular complexity index is 734. The molecule has 0 fully saturated rings. The number of anilines is 1. The second-order valence-electron chi connectivity index (χ2n) is 4.39. The minimum Gasteiger partial charge on any atom is -0.389 e. The minimum atomic E-state index is -0.580. The lowest BCUT2D eigenvalue weighted by Gasteiger charge is -2.12. The number of nitrogens with two attached hydrogens (primary N) is 1. The van der Waals surface area contributed by atoms with Gasteiger partial charge in [0.05, 0.1) is 11.3 Å². The third kappa shape index (κ3) is 3.20. The van der Waals surface area contributed by atoms with Crippen LogP contribution in [0.3, 0.4) is 0 Å². The predicted octanol–water partition coefficient (Wildman–Crippen LogP) is 3.67. The first-order valence-corrected chi connectivity index (χ1v) is 6.85. The number of thiocarbonyl (C=S) groups is 1. The number of amides is 1. The minimum absolute atomic E-state index is 0.0144. The first-order chi connectivity index (χ1) is 9.91. The van der Waals surface area contributed by atoms with Crippen molar-refractivity contribution in [2.24, 2.45) is 5.73 Å². The van der Waals surface area contributed by atoms with Crippen LogP contribution in [0.25, 0.3) is 0 Å². The van der Waals surface area contributed by atoms with Gasteiger partial charge in [0.1, 0.15) is 10.8 Å². The smallest absolute Gasteiger partial charge is 0.256 e. The standard InChI is InChI=1S/C15H12ClFN2OS/c1-8-9(4-2-5-10(8)16)15(20)19-12-7-3-6-11(17)13(12)14(18)21/h2-7H,1H3,(H2,18,21)(H,19,20). The lowest BCUT2D eigenvalue weighted by Crippen LogP contribution is -2.19. The van der Waals surface area contributed by atoms with Crippen LogP contribution in [0.1, 0.15) is 21.5 Å². The van der Waals surface area contributed by atoms with Crippen LogP contribution >= 0.6 is 23.8 Å². The summed E-state index contributed by atoms with van der Waals surface area (Å²) < 4.78 is 13.8. The lowest BCUT2D eigenvalue weighted by atomic mass is 10.1. The molecular weight excluding hydrogens is 311 g/mol. The molecule has 2 aromatic carbocycles. The van der Waals surface area contributed by atoms with E-state index < -0.39 is 11.7 Å². The van der Waals surface area contributed by atoms with Crippen LogP contribution in [0, 0.1) is 12.7 Å². The van der Waals surface area contributed by atoms with Gasteiger partial charge in [-0.05, 0) is 36.8 Å². The van der Waals surface area contributed by atoms with Gasteiger partial charge in [-0.25, -0.2) is 4.39 Å². The number of hydrogen-bond donors (Lipinski definition) is 2. The Morgan fingerprint density at radius 1 is 1.29 bits per heavy atom. The van der Waals surface area contributed by atoms with Crippen LogP contribution in [0.4, 0.5) is 10.1 Å². The topological polar surface area (TPSA) is 55.1 Å². The third-order valence-corrected chi connectivity index (χ3v) is 3.63. The first kappa shape index (κ1) is 15.4. The molecule has 0 saturated carbocycles. The number of hydrogen-bond acceptors (Lipinski definition) is 2. The van der Waals surface area contributed by atoms with Crippen LogP contribution in [0.5, 0.6) is 0 Å². The average molecular weight is 323 g/mol. The first-order valence-electron chi connectivity index (χ1n) is 6.06. The van der Waals surface area contributed by atoms with Crippen molar-refractivity contribution >= 4 is 40.4 Å². The Balaban J connectivity index is 2.39. The van der Waals surface area contributed by atoms with E-state index >= 15 is 0 Å². The molecule has 0 bridgehead atoms. The van der Waals surface area contributed by atoms with Crippen molar-refractivity contribution in [3.05, 3.63) is 63.9 Å². The molecule has 21 heavy (non-hydrogen) atoms. The maximum atomic E-state index is 13.8. The van der Waals surface area contributed by atoms with E-state index in [1.54, 1.807) is 25.1 Å². The van der Waals surface area contributed by atoms with Gasteiger partial charge in [-0.15, -0.1) is 0 Å². The van der Waals surface area contributed by atoms with Gasteiger partial charge in [-0.1, -0.05) is 36.0 Å².